The molecule has 7 nitrogen and oxygen atoms in total. The van der Waals surface area contributed by atoms with Crippen LogP contribution >= 0.6 is 0 Å². The lowest BCUT2D eigenvalue weighted by atomic mass is 9.48. The van der Waals surface area contributed by atoms with Crippen molar-refractivity contribution in [1.82, 2.24) is 4.90 Å². The van der Waals surface area contributed by atoms with Crippen LogP contribution < -0.4 is 15.2 Å². The molecular formula is C28H32N2O5. The van der Waals surface area contributed by atoms with Gasteiger partial charge in [0.1, 0.15) is 6.10 Å². The first-order valence-electron chi connectivity index (χ1n) is 13.0. The van der Waals surface area contributed by atoms with E-state index < -0.39 is 29.2 Å². The summed E-state index contributed by atoms with van der Waals surface area (Å²) >= 11 is 0. The Morgan fingerprint density at radius 2 is 2.00 bits per heavy atom. The van der Waals surface area contributed by atoms with Crippen LogP contribution in [-0.4, -0.2) is 58.0 Å². The summed E-state index contributed by atoms with van der Waals surface area (Å²) in [5.41, 5.74) is 7.04. The van der Waals surface area contributed by atoms with Gasteiger partial charge in [-0.2, -0.15) is 0 Å². The second-order valence-electron chi connectivity index (χ2n) is 11.2. The highest BCUT2D eigenvalue weighted by atomic mass is 16.6. The van der Waals surface area contributed by atoms with Gasteiger partial charge in [0.15, 0.2) is 11.5 Å². The van der Waals surface area contributed by atoms with Gasteiger partial charge in [0, 0.05) is 23.8 Å². The lowest BCUT2D eigenvalue weighted by Gasteiger charge is -2.64. The molecule has 2 bridgehead atoms. The Balaban J connectivity index is 1.31. The monoisotopic (exact) mass is 476 g/mol. The van der Waals surface area contributed by atoms with Crippen molar-refractivity contribution < 1.29 is 24.5 Å². The number of rotatable bonds is 4. The summed E-state index contributed by atoms with van der Waals surface area (Å²) in [5.74, 6) is 1.00. The SMILES string of the molecule is Nc1ccccc1C(=O)Oc1ccc2c3c1O[C@H]1[C@@H](O)CC[C@@]4(O)[C@@H](C2)N(CC2CCC2)CC[C@]314. The van der Waals surface area contributed by atoms with Gasteiger partial charge in [-0.15, -0.1) is 0 Å². The molecule has 2 heterocycles. The van der Waals surface area contributed by atoms with Crippen molar-refractivity contribution in [2.75, 3.05) is 18.8 Å². The van der Waals surface area contributed by atoms with Crippen LogP contribution in [0.2, 0.25) is 0 Å². The number of nitrogens with zero attached hydrogens (tertiary/aromatic N) is 1. The lowest BCUT2D eigenvalue weighted by molar-refractivity contribution is -0.209. The predicted molar refractivity (Wildman–Crippen MR) is 130 cm³/mol. The average Bonchev–Trinajstić information content (AvgIpc) is 3.17. The molecule has 2 aromatic carbocycles. The Morgan fingerprint density at radius 3 is 2.77 bits per heavy atom. The van der Waals surface area contributed by atoms with E-state index in [-0.39, 0.29) is 6.04 Å². The van der Waals surface area contributed by atoms with Gasteiger partial charge >= 0.3 is 5.97 Å². The predicted octanol–water partition coefficient (Wildman–Crippen LogP) is 2.80. The molecule has 2 aliphatic heterocycles. The summed E-state index contributed by atoms with van der Waals surface area (Å²) in [4.78, 5) is 15.5. The zero-order valence-electron chi connectivity index (χ0n) is 19.8. The number of likely N-dealkylation sites (tertiary alicyclic amines) is 1. The fraction of sp³-hybridized carbons (Fsp3) is 0.536. The standard InChI is InChI=1S/C28H32N2O5/c29-19-7-2-1-6-18(19)26(32)34-21-9-8-17-14-22-28(33)11-10-20(31)25-27(28,23(17)24(21)35-25)12-13-30(22)15-16-4-3-5-16/h1-2,6-9,16,20,22,25,31,33H,3-5,10-15,29H2/t20-,22+,25-,27-,28+/m0/s1. The molecule has 4 N–H and O–H groups in total. The van der Waals surface area contributed by atoms with Crippen LogP contribution in [0, 0.1) is 5.92 Å². The molecule has 0 amide bonds. The minimum absolute atomic E-state index is 0.00594. The number of aliphatic hydroxyl groups is 2. The Labute approximate surface area is 204 Å². The minimum atomic E-state index is -0.983. The van der Waals surface area contributed by atoms with Crippen molar-refractivity contribution in [1.29, 1.82) is 0 Å². The Kier molecular flexibility index (Phi) is 4.61. The van der Waals surface area contributed by atoms with E-state index >= 15 is 0 Å². The fourth-order valence-corrected chi connectivity index (χ4v) is 7.74. The largest absolute Gasteiger partial charge is 0.482 e. The molecule has 0 radical (unpaired) electrons. The molecule has 5 aliphatic rings. The number of piperidine rings is 1. The first-order chi connectivity index (χ1) is 16.9. The highest BCUT2D eigenvalue weighted by Crippen LogP contribution is 2.65. The fourth-order valence-electron chi connectivity index (χ4n) is 7.74. The maximum atomic E-state index is 13.0. The van der Waals surface area contributed by atoms with Crippen LogP contribution in [0.15, 0.2) is 36.4 Å². The number of nitrogens with two attached hydrogens (primary N) is 1. The van der Waals surface area contributed by atoms with Crippen molar-refractivity contribution in [3.63, 3.8) is 0 Å². The summed E-state index contributed by atoms with van der Waals surface area (Å²) in [6, 6.07) is 10.6. The smallest absolute Gasteiger partial charge is 0.345 e. The molecule has 7 heteroatoms. The van der Waals surface area contributed by atoms with E-state index in [0.29, 0.717) is 35.6 Å². The number of esters is 1. The highest BCUT2D eigenvalue weighted by Gasteiger charge is 2.73. The number of benzene rings is 2. The number of hydrogen-bond donors (Lipinski definition) is 3. The van der Waals surface area contributed by atoms with Gasteiger partial charge in [-0.3, -0.25) is 4.90 Å². The summed E-state index contributed by atoms with van der Waals surface area (Å²) in [6.45, 7) is 1.91. The van der Waals surface area contributed by atoms with E-state index in [4.69, 9.17) is 15.2 Å². The average molecular weight is 477 g/mol. The third-order valence-corrected chi connectivity index (χ3v) is 9.63. The van der Waals surface area contributed by atoms with Gasteiger partial charge < -0.3 is 25.4 Å². The van der Waals surface area contributed by atoms with Crippen LogP contribution in [0.5, 0.6) is 11.5 Å². The number of ether oxygens (including phenoxy) is 2. The van der Waals surface area contributed by atoms with Crippen molar-refractivity contribution >= 4 is 11.7 Å². The van der Waals surface area contributed by atoms with Crippen LogP contribution in [-0.2, 0) is 11.8 Å². The van der Waals surface area contributed by atoms with Gasteiger partial charge in [-0.05, 0) is 74.8 Å². The molecule has 0 aromatic heterocycles. The maximum Gasteiger partial charge on any atom is 0.345 e. The number of para-hydroxylation sites is 1. The number of aliphatic hydroxyl groups excluding tert-OH is 1. The number of carbonyl (C=O) groups is 1. The van der Waals surface area contributed by atoms with Crippen molar-refractivity contribution in [2.45, 2.75) is 74.2 Å². The first-order valence-corrected chi connectivity index (χ1v) is 13.0. The van der Waals surface area contributed by atoms with Crippen molar-refractivity contribution in [2.24, 2.45) is 5.92 Å². The molecule has 1 spiro atoms. The third kappa shape index (κ3) is 2.80. The maximum absolute atomic E-state index is 13.0. The third-order valence-electron chi connectivity index (χ3n) is 9.63. The van der Waals surface area contributed by atoms with E-state index in [0.717, 1.165) is 43.0 Å². The van der Waals surface area contributed by atoms with E-state index in [1.54, 1.807) is 30.3 Å². The highest BCUT2D eigenvalue weighted by molar-refractivity contribution is 5.96. The molecule has 1 saturated heterocycles. The summed E-state index contributed by atoms with van der Waals surface area (Å²) < 4.78 is 12.3. The van der Waals surface area contributed by atoms with Crippen LogP contribution in [0.1, 0.15) is 60.0 Å². The molecule has 184 valence electrons. The van der Waals surface area contributed by atoms with E-state index in [1.165, 1.54) is 19.3 Å². The van der Waals surface area contributed by atoms with Gasteiger partial charge in [0.25, 0.3) is 0 Å². The van der Waals surface area contributed by atoms with E-state index in [1.807, 2.05) is 6.07 Å². The Hall–Kier alpha value is -2.61. The Bertz CT molecular complexity index is 1210. The quantitative estimate of drug-likeness (QED) is 0.354. The zero-order valence-corrected chi connectivity index (χ0v) is 19.8. The summed E-state index contributed by atoms with van der Waals surface area (Å²) in [7, 11) is 0. The minimum Gasteiger partial charge on any atom is -0.482 e. The normalized spacial score (nSPS) is 35.1. The van der Waals surface area contributed by atoms with Crippen molar-refractivity contribution in [3.8, 4) is 11.5 Å². The topological polar surface area (TPSA) is 105 Å². The first kappa shape index (κ1) is 21.7. The molecule has 2 aromatic rings. The number of anilines is 1. The van der Waals surface area contributed by atoms with Crippen LogP contribution in [0.3, 0.4) is 0 Å². The molecule has 3 aliphatic carbocycles. The van der Waals surface area contributed by atoms with Crippen LogP contribution in [0.25, 0.3) is 0 Å². The molecule has 3 fully saturated rings. The number of hydrogen-bond acceptors (Lipinski definition) is 7. The number of nitrogen functional groups attached to an aromatic ring is 1. The zero-order chi connectivity index (χ0) is 23.9. The molecule has 5 atom stereocenters. The molecule has 7 rings (SSSR count). The summed E-state index contributed by atoms with van der Waals surface area (Å²) in [6.07, 6.45) is 5.13. The second kappa shape index (κ2) is 7.45. The van der Waals surface area contributed by atoms with Crippen LogP contribution in [0.4, 0.5) is 5.69 Å². The molecule has 35 heavy (non-hydrogen) atoms. The molecular weight excluding hydrogens is 444 g/mol. The van der Waals surface area contributed by atoms with Crippen molar-refractivity contribution in [3.05, 3.63) is 53.1 Å². The summed E-state index contributed by atoms with van der Waals surface area (Å²) in [5, 5.41) is 23.5. The van der Waals surface area contributed by atoms with E-state index in [9.17, 15) is 15.0 Å². The molecule has 0 unspecified atom stereocenters. The second-order valence-corrected chi connectivity index (χ2v) is 11.2. The molecule has 2 saturated carbocycles. The lowest BCUT2D eigenvalue weighted by Crippen LogP contribution is -2.77. The number of carbonyl (C=O) groups excluding carboxylic acids is 1. The van der Waals surface area contributed by atoms with Gasteiger partial charge in [0.2, 0.25) is 0 Å². The Morgan fingerprint density at radius 1 is 1.17 bits per heavy atom. The van der Waals surface area contributed by atoms with Gasteiger partial charge in [0.05, 0.1) is 22.7 Å². The van der Waals surface area contributed by atoms with E-state index in [2.05, 4.69) is 4.90 Å². The van der Waals surface area contributed by atoms with Gasteiger partial charge in [-0.25, -0.2) is 4.79 Å². The van der Waals surface area contributed by atoms with Gasteiger partial charge in [-0.1, -0.05) is 24.6 Å².